The van der Waals surface area contributed by atoms with E-state index in [1.54, 1.807) is 0 Å². The van der Waals surface area contributed by atoms with Gasteiger partial charge in [-0.2, -0.15) is 0 Å². The van der Waals surface area contributed by atoms with Gasteiger partial charge in [0, 0.05) is 11.6 Å². The van der Waals surface area contributed by atoms with Gasteiger partial charge in [-0.05, 0) is 55.6 Å². The summed E-state index contributed by atoms with van der Waals surface area (Å²) in [5.74, 6) is 1.73. The van der Waals surface area contributed by atoms with Crippen LogP contribution in [0.5, 0.6) is 0 Å². The van der Waals surface area contributed by atoms with E-state index in [1.807, 2.05) is 18.2 Å². The first kappa shape index (κ1) is 13.4. The average Bonchev–Trinajstić information content (AvgIpc) is 3.10. The summed E-state index contributed by atoms with van der Waals surface area (Å²) in [7, 11) is 0. The number of rotatable bonds is 3. The zero-order valence-electron chi connectivity index (χ0n) is 12.1. The normalized spacial score (nSPS) is 28.1. The van der Waals surface area contributed by atoms with Gasteiger partial charge in [0.15, 0.2) is 0 Å². The van der Waals surface area contributed by atoms with E-state index >= 15 is 0 Å². The summed E-state index contributed by atoms with van der Waals surface area (Å²) < 4.78 is 0. The largest absolute Gasteiger partial charge is 0.326 e. The number of nitrogens with one attached hydrogen (secondary N) is 1. The monoisotopic (exact) mass is 269 g/mol. The molecule has 1 amide bonds. The summed E-state index contributed by atoms with van der Waals surface area (Å²) in [6, 6.07) is 8.14. The van der Waals surface area contributed by atoms with E-state index in [1.165, 1.54) is 18.4 Å². The third-order valence-corrected chi connectivity index (χ3v) is 4.79. The molecule has 1 aromatic carbocycles. The molecule has 2 aliphatic rings. The SMILES string of the molecule is CCc1ccccc1NC(=O)C1[C@@H]2CCC=CCC[C@@H]12. The molecule has 1 saturated carbocycles. The Morgan fingerprint density at radius 3 is 2.45 bits per heavy atom. The summed E-state index contributed by atoms with van der Waals surface area (Å²) in [6.45, 7) is 2.13. The minimum Gasteiger partial charge on any atom is -0.326 e. The number of carbonyl (C=O) groups is 1. The summed E-state index contributed by atoms with van der Waals surface area (Å²) in [5, 5.41) is 3.16. The molecule has 20 heavy (non-hydrogen) atoms. The lowest BCUT2D eigenvalue weighted by molar-refractivity contribution is -0.117. The Balaban J connectivity index is 1.66. The Morgan fingerprint density at radius 2 is 1.80 bits per heavy atom. The third-order valence-electron chi connectivity index (χ3n) is 4.79. The Hall–Kier alpha value is -1.57. The van der Waals surface area contributed by atoms with Crippen molar-refractivity contribution in [2.75, 3.05) is 5.32 Å². The second-order valence-corrected chi connectivity index (χ2v) is 5.98. The lowest BCUT2D eigenvalue weighted by Gasteiger charge is -2.09. The molecule has 0 aliphatic heterocycles. The van der Waals surface area contributed by atoms with Crippen molar-refractivity contribution in [2.24, 2.45) is 17.8 Å². The molecule has 1 fully saturated rings. The zero-order valence-corrected chi connectivity index (χ0v) is 12.1. The van der Waals surface area contributed by atoms with Gasteiger partial charge in [0.1, 0.15) is 0 Å². The number of para-hydroxylation sites is 1. The molecule has 3 rings (SSSR count). The molecule has 2 atom stereocenters. The molecule has 0 radical (unpaired) electrons. The average molecular weight is 269 g/mol. The third kappa shape index (κ3) is 2.65. The number of hydrogen-bond acceptors (Lipinski definition) is 1. The van der Waals surface area contributed by atoms with Crippen molar-refractivity contribution in [1.82, 2.24) is 0 Å². The minimum absolute atomic E-state index is 0.239. The van der Waals surface area contributed by atoms with E-state index in [-0.39, 0.29) is 11.8 Å². The Bertz CT molecular complexity index is 504. The topological polar surface area (TPSA) is 29.1 Å². The van der Waals surface area contributed by atoms with Crippen molar-refractivity contribution in [3.8, 4) is 0 Å². The molecule has 2 aliphatic carbocycles. The van der Waals surface area contributed by atoms with Crippen LogP contribution in [0.1, 0.15) is 38.2 Å². The molecular weight excluding hydrogens is 246 g/mol. The maximum Gasteiger partial charge on any atom is 0.228 e. The van der Waals surface area contributed by atoms with Gasteiger partial charge in [-0.1, -0.05) is 37.3 Å². The Labute approximate surface area is 121 Å². The fourth-order valence-corrected chi connectivity index (χ4v) is 3.60. The van der Waals surface area contributed by atoms with E-state index in [9.17, 15) is 4.79 Å². The number of carbonyl (C=O) groups excluding carboxylic acids is 1. The number of fused-ring (bicyclic) bond motifs is 1. The maximum atomic E-state index is 12.5. The van der Waals surface area contributed by atoms with E-state index in [0.717, 1.165) is 24.9 Å². The predicted molar refractivity (Wildman–Crippen MR) is 82.5 cm³/mol. The van der Waals surface area contributed by atoms with Crippen LogP contribution in [0.3, 0.4) is 0 Å². The van der Waals surface area contributed by atoms with Gasteiger partial charge in [0.2, 0.25) is 5.91 Å². The molecule has 106 valence electrons. The van der Waals surface area contributed by atoms with Crippen molar-refractivity contribution in [2.45, 2.75) is 39.0 Å². The standard InChI is InChI=1S/C18H23NO/c1-2-13-9-7-8-12-16(13)19-18(20)17-14-10-5-3-4-6-11-15(14)17/h3-4,7-9,12,14-15,17H,2,5-6,10-11H2,1H3,(H,19,20)/t14-,15-/m1/s1. The van der Waals surface area contributed by atoms with Gasteiger partial charge in [-0.25, -0.2) is 0 Å². The molecule has 0 bridgehead atoms. The van der Waals surface area contributed by atoms with Gasteiger partial charge in [0.05, 0.1) is 0 Å². The Kier molecular flexibility index (Phi) is 3.90. The number of benzene rings is 1. The van der Waals surface area contributed by atoms with Crippen molar-refractivity contribution >= 4 is 11.6 Å². The number of allylic oxidation sites excluding steroid dienone is 2. The van der Waals surface area contributed by atoms with Gasteiger partial charge >= 0.3 is 0 Å². The van der Waals surface area contributed by atoms with Crippen molar-refractivity contribution < 1.29 is 4.79 Å². The van der Waals surface area contributed by atoms with Crippen LogP contribution < -0.4 is 5.32 Å². The van der Waals surface area contributed by atoms with E-state index in [2.05, 4.69) is 30.5 Å². The molecule has 1 N–H and O–H groups in total. The highest BCUT2D eigenvalue weighted by Crippen LogP contribution is 2.53. The summed E-state index contributed by atoms with van der Waals surface area (Å²) in [4.78, 5) is 12.5. The lowest BCUT2D eigenvalue weighted by Crippen LogP contribution is -2.16. The molecular formula is C18H23NO. The fraction of sp³-hybridized carbons (Fsp3) is 0.500. The Morgan fingerprint density at radius 1 is 1.15 bits per heavy atom. The fourth-order valence-electron chi connectivity index (χ4n) is 3.60. The summed E-state index contributed by atoms with van der Waals surface area (Å²) >= 11 is 0. The van der Waals surface area contributed by atoms with E-state index in [4.69, 9.17) is 0 Å². The van der Waals surface area contributed by atoms with Gasteiger partial charge < -0.3 is 5.32 Å². The number of anilines is 1. The molecule has 0 aromatic heterocycles. The van der Waals surface area contributed by atoms with Gasteiger partial charge in [-0.3, -0.25) is 4.79 Å². The van der Waals surface area contributed by atoms with Crippen LogP contribution in [0, 0.1) is 17.8 Å². The summed E-state index contributed by atoms with van der Waals surface area (Å²) in [5.41, 5.74) is 2.22. The van der Waals surface area contributed by atoms with Gasteiger partial charge in [0.25, 0.3) is 0 Å². The van der Waals surface area contributed by atoms with Crippen molar-refractivity contribution in [1.29, 1.82) is 0 Å². The van der Waals surface area contributed by atoms with Gasteiger partial charge in [-0.15, -0.1) is 0 Å². The zero-order chi connectivity index (χ0) is 13.9. The van der Waals surface area contributed by atoms with E-state index < -0.39 is 0 Å². The first-order valence-electron chi connectivity index (χ1n) is 7.85. The molecule has 0 heterocycles. The molecule has 1 aromatic rings. The first-order valence-corrected chi connectivity index (χ1v) is 7.85. The van der Waals surface area contributed by atoms with Crippen LogP contribution in [-0.2, 0) is 11.2 Å². The first-order chi connectivity index (χ1) is 9.81. The van der Waals surface area contributed by atoms with Crippen molar-refractivity contribution in [3.63, 3.8) is 0 Å². The van der Waals surface area contributed by atoms with Crippen LogP contribution in [0.15, 0.2) is 36.4 Å². The molecule has 0 spiro atoms. The van der Waals surface area contributed by atoms with E-state index in [0.29, 0.717) is 11.8 Å². The lowest BCUT2D eigenvalue weighted by atomic mass is 10.1. The van der Waals surface area contributed by atoms with Crippen LogP contribution in [0.4, 0.5) is 5.69 Å². The summed E-state index contributed by atoms with van der Waals surface area (Å²) in [6.07, 6.45) is 10.1. The van der Waals surface area contributed by atoms with Crippen LogP contribution in [0.25, 0.3) is 0 Å². The van der Waals surface area contributed by atoms with Crippen LogP contribution >= 0.6 is 0 Å². The maximum absolute atomic E-state index is 12.5. The smallest absolute Gasteiger partial charge is 0.228 e. The predicted octanol–water partition coefficient (Wildman–Crippen LogP) is 4.18. The number of aryl methyl sites for hydroxylation is 1. The molecule has 0 saturated heterocycles. The highest BCUT2D eigenvalue weighted by Gasteiger charge is 2.53. The number of amides is 1. The van der Waals surface area contributed by atoms with Crippen LogP contribution in [0.2, 0.25) is 0 Å². The highest BCUT2D eigenvalue weighted by molar-refractivity contribution is 5.95. The second-order valence-electron chi connectivity index (χ2n) is 5.98. The van der Waals surface area contributed by atoms with Crippen LogP contribution in [-0.4, -0.2) is 5.91 Å². The molecule has 2 heteroatoms. The molecule has 2 nitrogen and oxygen atoms in total. The quantitative estimate of drug-likeness (QED) is 0.819. The highest BCUT2D eigenvalue weighted by atomic mass is 16.2. The number of hydrogen-bond donors (Lipinski definition) is 1. The minimum atomic E-state index is 0.239. The second kappa shape index (κ2) is 5.82. The molecule has 0 unspecified atom stereocenters. The van der Waals surface area contributed by atoms with Crippen molar-refractivity contribution in [3.05, 3.63) is 42.0 Å².